The Labute approximate surface area is 250 Å². The lowest BCUT2D eigenvalue weighted by Gasteiger charge is -2.30. The Morgan fingerprint density at radius 2 is 1.69 bits per heavy atom. The standard InChI is InChI=1S/C28H39ClF3N5O4S/c1-3-37-26(24(29)25(36-37)27(38)35-14-17-4-6-19(7-5-17)16-42(39)40)21-15-34-23(12-22(21)41-2)33-13-18-8-10-20(11-9-18)28(30,31)32/h12,15,17-20,42H,3-11,13-14,16H2,1-2H3,(H,33,34)(H,35,38)/t17-,18?,19-,20?. The minimum absolute atomic E-state index is 0.101. The highest BCUT2D eigenvalue weighted by Gasteiger charge is 2.41. The summed E-state index contributed by atoms with van der Waals surface area (Å²) in [6.45, 7) is 3.30. The van der Waals surface area contributed by atoms with Gasteiger partial charge >= 0.3 is 6.18 Å². The van der Waals surface area contributed by atoms with Crippen molar-refractivity contribution in [3.8, 4) is 17.0 Å². The quantitative estimate of drug-likeness (QED) is 0.278. The van der Waals surface area contributed by atoms with Crippen molar-refractivity contribution in [3.63, 3.8) is 0 Å². The fourth-order valence-corrected chi connectivity index (χ4v) is 7.15. The first-order chi connectivity index (χ1) is 20.0. The lowest BCUT2D eigenvalue weighted by atomic mass is 9.81. The fourth-order valence-electron chi connectivity index (χ4n) is 6.04. The molecule has 2 aromatic rings. The normalized spacial score (nSPS) is 23.1. The lowest BCUT2D eigenvalue weighted by Crippen LogP contribution is -2.32. The SMILES string of the molecule is CCn1nc(C(=O)NC[C@H]2CC[C@H](C[SH](=O)=O)CC2)c(Cl)c1-c1cnc(NCC2CCC(C(F)(F)F)CC2)cc1OC. The second-order valence-corrected chi connectivity index (χ2v) is 12.8. The summed E-state index contributed by atoms with van der Waals surface area (Å²) < 4.78 is 68.2. The van der Waals surface area contributed by atoms with Gasteiger partial charge < -0.3 is 15.4 Å². The number of hydrogen-bond donors (Lipinski definition) is 3. The van der Waals surface area contributed by atoms with E-state index in [0.29, 0.717) is 55.3 Å². The van der Waals surface area contributed by atoms with Gasteiger partial charge in [-0.3, -0.25) is 9.48 Å². The molecule has 2 saturated carbocycles. The Hall–Kier alpha value is -2.54. The molecule has 14 heteroatoms. The van der Waals surface area contributed by atoms with Crippen molar-refractivity contribution in [1.82, 2.24) is 20.1 Å². The second-order valence-electron chi connectivity index (χ2n) is 11.3. The lowest BCUT2D eigenvalue weighted by molar-refractivity contribution is -0.183. The molecule has 2 aliphatic carbocycles. The molecule has 0 spiro atoms. The van der Waals surface area contributed by atoms with Crippen LogP contribution in [0.5, 0.6) is 5.75 Å². The third-order valence-electron chi connectivity index (χ3n) is 8.56. The van der Waals surface area contributed by atoms with Crippen LogP contribution in [0.25, 0.3) is 11.3 Å². The molecule has 1 amide bonds. The average Bonchev–Trinajstić information content (AvgIpc) is 3.30. The van der Waals surface area contributed by atoms with Gasteiger partial charge in [0.25, 0.3) is 5.91 Å². The highest BCUT2D eigenvalue weighted by atomic mass is 35.5. The third-order valence-corrected chi connectivity index (χ3v) is 9.73. The number of nitrogens with zero attached hydrogens (tertiary/aromatic N) is 3. The van der Waals surface area contributed by atoms with E-state index >= 15 is 0 Å². The predicted molar refractivity (Wildman–Crippen MR) is 156 cm³/mol. The molecule has 0 bridgehead atoms. The Kier molecular flexibility index (Phi) is 11.0. The number of carbonyl (C=O) groups excluding carboxylic acids is 1. The van der Waals surface area contributed by atoms with E-state index in [1.54, 1.807) is 16.9 Å². The number of nitrogens with one attached hydrogen (secondary N) is 2. The molecule has 0 aliphatic heterocycles. The molecule has 0 saturated heterocycles. The number of rotatable bonds is 11. The van der Waals surface area contributed by atoms with Crippen LogP contribution >= 0.6 is 11.6 Å². The number of alkyl halides is 3. The van der Waals surface area contributed by atoms with E-state index in [1.807, 2.05) is 6.92 Å². The van der Waals surface area contributed by atoms with E-state index in [-0.39, 0.29) is 53.0 Å². The monoisotopic (exact) mass is 633 g/mol. The summed E-state index contributed by atoms with van der Waals surface area (Å²) in [6.07, 6.45) is 2.14. The van der Waals surface area contributed by atoms with Crippen molar-refractivity contribution in [3.05, 3.63) is 23.0 Å². The maximum Gasteiger partial charge on any atom is 0.391 e. The first-order valence-corrected chi connectivity index (χ1v) is 16.2. The number of halogens is 4. The van der Waals surface area contributed by atoms with Crippen LogP contribution in [0.3, 0.4) is 0 Å². The van der Waals surface area contributed by atoms with Crippen molar-refractivity contribution in [2.75, 3.05) is 31.3 Å². The number of ether oxygens (including phenoxy) is 1. The summed E-state index contributed by atoms with van der Waals surface area (Å²) in [5.41, 5.74) is 1.16. The first-order valence-electron chi connectivity index (χ1n) is 14.5. The van der Waals surface area contributed by atoms with Gasteiger partial charge in [0.05, 0.1) is 35.1 Å². The summed E-state index contributed by atoms with van der Waals surface area (Å²) >= 11 is 6.72. The molecule has 4 rings (SSSR count). The van der Waals surface area contributed by atoms with Gasteiger partial charge in [-0.25, -0.2) is 13.4 Å². The van der Waals surface area contributed by atoms with Crippen LogP contribution in [0.2, 0.25) is 5.02 Å². The van der Waals surface area contributed by atoms with E-state index < -0.39 is 22.8 Å². The number of hydrogen-bond acceptors (Lipinski definition) is 7. The molecular weight excluding hydrogens is 595 g/mol. The Morgan fingerprint density at radius 3 is 2.29 bits per heavy atom. The van der Waals surface area contributed by atoms with Crippen molar-refractivity contribution in [2.24, 2.45) is 23.7 Å². The molecule has 2 heterocycles. The van der Waals surface area contributed by atoms with E-state index in [2.05, 4.69) is 20.7 Å². The van der Waals surface area contributed by atoms with Crippen molar-refractivity contribution < 1.29 is 31.1 Å². The van der Waals surface area contributed by atoms with Crippen LogP contribution in [0.15, 0.2) is 12.3 Å². The number of anilines is 1. The molecule has 0 unspecified atom stereocenters. The fraction of sp³-hybridized carbons (Fsp3) is 0.679. The summed E-state index contributed by atoms with van der Waals surface area (Å²) in [7, 11) is -0.857. The minimum Gasteiger partial charge on any atom is -0.496 e. The zero-order chi connectivity index (χ0) is 30.4. The smallest absolute Gasteiger partial charge is 0.391 e. The number of thiol groups is 1. The van der Waals surface area contributed by atoms with Crippen LogP contribution in [0.4, 0.5) is 19.0 Å². The van der Waals surface area contributed by atoms with Gasteiger partial charge in [0.15, 0.2) is 5.69 Å². The predicted octanol–water partition coefficient (Wildman–Crippen LogP) is 5.56. The van der Waals surface area contributed by atoms with E-state index in [4.69, 9.17) is 16.3 Å². The Bertz CT molecular complexity index is 1300. The summed E-state index contributed by atoms with van der Waals surface area (Å²) in [5.74, 6) is 0.217. The topological polar surface area (TPSA) is 115 Å². The number of amides is 1. The molecule has 0 atom stereocenters. The van der Waals surface area contributed by atoms with Crippen LogP contribution in [0, 0.1) is 23.7 Å². The molecule has 0 radical (unpaired) electrons. The molecular formula is C28H39ClF3N5O4S. The maximum atomic E-state index is 13.1. The molecule has 2 N–H and O–H groups in total. The third kappa shape index (κ3) is 8.09. The van der Waals surface area contributed by atoms with Crippen LogP contribution in [-0.4, -0.2) is 61.2 Å². The minimum atomic E-state index is -4.13. The van der Waals surface area contributed by atoms with E-state index in [0.717, 1.165) is 25.7 Å². The zero-order valence-electron chi connectivity index (χ0n) is 23.9. The largest absolute Gasteiger partial charge is 0.496 e. The highest BCUT2D eigenvalue weighted by Crippen LogP contribution is 2.40. The number of aromatic nitrogens is 3. The van der Waals surface area contributed by atoms with Crippen molar-refractivity contribution >= 4 is 34.0 Å². The van der Waals surface area contributed by atoms with Crippen LogP contribution in [-0.2, 0) is 17.2 Å². The van der Waals surface area contributed by atoms with Crippen molar-refractivity contribution in [2.45, 2.75) is 71.0 Å². The maximum absolute atomic E-state index is 13.1. The Balaban J connectivity index is 1.39. The molecule has 0 aromatic carbocycles. The molecule has 9 nitrogen and oxygen atoms in total. The van der Waals surface area contributed by atoms with Gasteiger partial charge in [-0.15, -0.1) is 0 Å². The van der Waals surface area contributed by atoms with E-state index in [9.17, 15) is 26.4 Å². The molecule has 2 fully saturated rings. The molecule has 234 valence electrons. The van der Waals surface area contributed by atoms with Gasteiger partial charge in [-0.05, 0) is 76.0 Å². The second kappa shape index (κ2) is 14.3. The average molecular weight is 634 g/mol. The first kappa shape index (κ1) is 32.4. The number of carbonyl (C=O) groups is 1. The number of methoxy groups -OCH3 is 1. The Morgan fingerprint density at radius 1 is 1.07 bits per heavy atom. The van der Waals surface area contributed by atoms with Crippen LogP contribution in [0.1, 0.15) is 68.8 Å². The zero-order valence-corrected chi connectivity index (χ0v) is 25.5. The van der Waals surface area contributed by atoms with Gasteiger partial charge in [-0.1, -0.05) is 11.6 Å². The summed E-state index contributed by atoms with van der Waals surface area (Å²) in [5, 5.41) is 10.8. The van der Waals surface area contributed by atoms with E-state index in [1.165, 1.54) is 7.11 Å². The summed E-state index contributed by atoms with van der Waals surface area (Å²) in [6, 6.07) is 1.71. The highest BCUT2D eigenvalue weighted by molar-refractivity contribution is 7.72. The van der Waals surface area contributed by atoms with Gasteiger partial charge in [0.2, 0.25) is 0 Å². The molecule has 42 heavy (non-hydrogen) atoms. The van der Waals surface area contributed by atoms with Crippen LogP contribution < -0.4 is 15.4 Å². The van der Waals surface area contributed by atoms with Gasteiger partial charge in [-0.2, -0.15) is 18.3 Å². The molecule has 2 aliphatic rings. The molecule has 2 aromatic heterocycles. The summed E-state index contributed by atoms with van der Waals surface area (Å²) in [4.78, 5) is 17.6. The number of aryl methyl sites for hydroxylation is 1. The van der Waals surface area contributed by atoms with Gasteiger partial charge in [0.1, 0.15) is 22.3 Å². The van der Waals surface area contributed by atoms with Gasteiger partial charge in [0, 0.05) is 31.9 Å². The number of pyridine rings is 1. The van der Waals surface area contributed by atoms with Crippen molar-refractivity contribution in [1.29, 1.82) is 0 Å².